The van der Waals surface area contributed by atoms with Crippen LogP contribution in [0.2, 0.25) is 0 Å². The average molecular weight is 236 g/mol. The molecule has 0 saturated carbocycles. The topological polar surface area (TPSA) is 91.5 Å². The summed E-state index contributed by atoms with van der Waals surface area (Å²) in [6.45, 7) is 1.14. The number of hydrogen-bond acceptors (Lipinski definition) is 5. The van der Waals surface area contributed by atoms with Gasteiger partial charge in [-0.2, -0.15) is 0 Å². The molecule has 2 heterocycles. The van der Waals surface area contributed by atoms with Crippen molar-refractivity contribution < 1.29 is 9.90 Å². The van der Waals surface area contributed by atoms with Gasteiger partial charge >= 0.3 is 0 Å². The number of aliphatic hydroxyl groups is 1. The molecule has 1 fully saturated rings. The van der Waals surface area contributed by atoms with Crippen molar-refractivity contribution in [2.24, 2.45) is 5.84 Å². The van der Waals surface area contributed by atoms with E-state index in [-0.39, 0.29) is 12.0 Å². The Kier molecular flexibility index (Phi) is 3.55. The zero-order valence-electron chi connectivity index (χ0n) is 9.47. The smallest absolute Gasteiger partial charge is 0.257 e. The lowest BCUT2D eigenvalue weighted by Gasteiger charge is -2.30. The van der Waals surface area contributed by atoms with Gasteiger partial charge in [-0.15, -0.1) is 0 Å². The van der Waals surface area contributed by atoms with Gasteiger partial charge in [-0.05, 0) is 18.9 Å². The summed E-state index contributed by atoms with van der Waals surface area (Å²) in [5.74, 6) is 5.25. The molecule has 4 N–H and O–H groups in total. The van der Waals surface area contributed by atoms with Gasteiger partial charge in [0, 0.05) is 25.5 Å². The van der Waals surface area contributed by atoms with E-state index in [0.717, 1.165) is 0 Å². The van der Waals surface area contributed by atoms with Gasteiger partial charge < -0.3 is 15.4 Å². The first-order chi connectivity index (χ1) is 8.22. The third kappa shape index (κ3) is 2.54. The van der Waals surface area contributed by atoms with Crippen molar-refractivity contribution in [2.45, 2.75) is 18.9 Å². The minimum Gasteiger partial charge on any atom is -0.393 e. The number of piperidine rings is 1. The number of nitrogens with one attached hydrogen (secondary N) is 1. The van der Waals surface area contributed by atoms with Gasteiger partial charge in [0.05, 0.1) is 17.4 Å². The number of nitrogens with zero attached hydrogens (tertiary/aromatic N) is 2. The van der Waals surface area contributed by atoms with Crippen LogP contribution in [-0.2, 0) is 0 Å². The van der Waals surface area contributed by atoms with E-state index in [4.69, 9.17) is 5.84 Å². The van der Waals surface area contributed by atoms with Crippen LogP contribution in [0.5, 0.6) is 0 Å². The molecule has 1 aliphatic heterocycles. The number of likely N-dealkylation sites (tertiary alicyclic amines) is 1. The van der Waals surface area contributed by atoms with E-state index in [2.05, 4.69) is 10.4 Å². The van der Waals surface area contributed by atoms with Crippen LogP contribution in [0.3, 0.4) is 0 Å². The highest BCUT2D eigenvalue weighted by atomic mass is 16.3. The minimum absolute atomic E-state index is 0.0991. The van der Waals surface area contributed by atoms with Crippen molar-refractivity contribution in [3.05, 3.63) is 24.0 Å². The zero-order chi connectivity index (χ0) is 12.3. The molecule has 0 radical (unpaired) electrons. The van der Waals surface area contributed by atoms with E-state index >= 15 is 0 Å². The van der Waals surface area contributed by atoms with Gasteiger partial charge in [-0.25, -0.2) is 0 Å². The number of hydrogen-bond donors (Lipinski definition) is 3. The van der Waals surface area contributed by atoms with Gasteiger partial charge in [-0.1, -0.05) is 0 Å². The Morgan fingerprint density at radius 3 is 2.88 bits per heavy atom. The number of carbonyl (C=O) groups is 1. The molecular formula is C11H16N4O2. The molecule has 0 aromatic carbocycles. The summed E-state index contributed by atoms with van der Waals surface area (Å²) < 4.78 is 0. The van der Waals surface area contributed by atoms with Gasteiger partial charge in [-0.3, -0.25) is 15.6 Å². The zero-order valence-corrected chi connectivity index (χ0v) is 9.47. The molecule has 6 nitrogen and oxygen atoms in total. The van der Waals surface area contributed by atoms with E-state index in [1.807, 2.05) is 0 Å². The molecule has 92 valence electrons. The van der Waals surface area contributed by atoms with Crippen LogP contribution in [0.1, 0.15) is 23.2 Å². The summed E-state index contributed by atoms with van der Waals surface area (Å²) >= 11 is 0. The molecule has 0 atom stereocenters. The van der Waals surface area contributed by atoms with Crippen LogP contribution in [0.15, 0.2) is 18.5 Å². The maximum Gasteiger partial charge on any atom is 0.257 e. The highest BCUT2D eigenvalue weighted by Crippen LogP contribution is 2.18. The lowest BCUT2D eigenvalue weighted by Crippen LogP contribution is -2.40. The molecule has 0 bridgehead atoms. The Hall–Kier alpha value is -1.66. The Balaban J connectivity index is 2.14. The highest BCUT2D eigenvalue weighted by molar-refractivity contribution is 5.99. The number of anilines is 1. The van der Waals surface area contributed by atoms with Crippen LogP contribution in [0, 0.1) is 0 Å². The third-order valence-electron chi connectivity index (χ3n) is 2.96. The van der Waals surface area contributed by atoms with Gasteiger partial charge in [0.1, 0.15) is 0 Å². The molecule has 17 heavy (non-hydrogen) atoms. The van der Waals surface area contributed by atoms with Gasteiger partial charge in [0.25, 0.3) is 5.91 Å². The van der Waals surface area contributed by atoms with Crippen LogP contribution >= 0.6 is 0 Å². The SMILES string of the molecule is NNc1ccncc1C(=O)N1CCC(O)CC1. The predicted molar refractivity (Wildman–Crippen MR) is 63.2 cm³/mol. The number of amides is 1. The van der Waals surface area contributed by atoms with Crippen molar-refractivity contribution in [3.63, 3.8) is 0 Å². The summed E-state index contributed by atoms with van der Waals surface area (Å²) in [6, 6.07) is 1.66. The van der Waals surface area contributed by atoms with Crippen LogP contribution in [0.4, 0.5) is 5.69 Å². The summed E-state index contributed by atoms with van der Waals surface area (Å²) in [4.78, 5) is 17.8. The Bertz CT molecular complexity index is 402. The van der Waals surface area contributed by atoms with Crippen molar-refractivity contribution in [1.82, 2.24) is 9.88 Å². The largest absolute Gasteiger partial charge is 0.393 e. The number of nitrogen functional groups attached to an aromatic ring is 1. The summed E-state index contributed by atoms with van der Waals surface area (Å²) in [5, 5.41) is 9.40. The van der Waals surface area contributed by atoms with Crippen LogP contribution in [0.25, 0.3) is 0 Å². The maximum absolute atomic E-state index is 12.2. The second-order valence-corrected chi connectivity index (χ2v) is 4.09. The van der Waals surface area contributed by atoms with E-state index in [1.54, 1.807) is 17.2 Å². The quantitative estimate of drug-likeness (QED) is 0.495. The second kappa shape index (κ2) is 5.11. The third-order valence-corrected chi connectivity index (χ3v) is 2.96. The standard InChI is InChI=1S/C11H16N4O2/c12-14-10-1-4-13-7-9(10)11(17)15-5-2-8(16)3-6-15/h1,4,7-8,16H,2-3,5-6,12H2,(H,13,14). The predicted octanol–water partition coefficient (Wildman–Crippen LogP) is -0.0359. The van der Waals surface area contributed by atoms with Crippen molar-refractivity contribution in [3.8, 4) is 0 Å². The van der Waals surface area contributed by atoms with Crippen LogP contribution < -0.4 is 11.3 Å². The molecule has 1 saturated heterocycles. The number of carbonyl (C=O) groups excluding carboxylic acids is 1. The van der Waals surface area contributed by atoms with E-state index in [9.17, 15) is 9.90 Å². The van der Waals surface area contributed by atoms with E-state index in [1.165, 1.54) is 6.20 Å². The molecule has 6 heteroatoms. The molecule has 1 aromatic heterocycles. The fraction of sp³-hybridized carbons (Fsp3) is 0.455. The first-order valence-corrected chi connectivity index (χ1v) is 5.60. The molecule has 1 aromatic rings. The Morgan fingerprint density at radius 1 is 1.53 bits per heavy atom. The fourth-order valence-corrected chi connectivity index (χ4v) is 1.93. The number of aromatic nitrogens is 1. The number of pyridine rings is 1. The molecule has 2 rings (SSSR count). The number of hydrazine groups is 1. The van der Waals surface area contributed by atoms with Crippen molar-refractivity contribution in [2.75, 3.05) is 18.5 Å². The van der Waals surface area contributed by atoms with Gasteiger partial charge in [0.2, 0.25) is 0 Å². The first kappa shape index (κ1) is 11.8. The molecule has 1 amide bonds. The van der Waals surface area contributed by atoms with Crippen LogP contribution in [-0.4, -0.2) is 40.1 Å². The lowest BCUT2D eigenvalue weighted by molar-refractivity contribution is 0.0547. The van der Waals surface area contributed by atoms with Gasteiger partial charge in [0.15, 0.2) is 0 Å². The second-order valence-electron chi connectivity index (χ2n) is 4.09. The molecule has 0 spiro atoms. The monoisotopic (exact) mass is 236 g/mol. The summed E-state index contributed by atoms with van der Waals surface area (Å²) in [5.41, 5.74) is 3.52. The Labute approximate surface area is 99.4 Å². The maximum atomic E-state index is 12.2. The molecule has 1 aliphatic rings. The van der Waals surface area contributed by atoms with Crippen molar-refractivity contribution in [1.29, 1.82) is 0 Å². The van der Waals surface area contributed by atoms with Crippen molar-refractivity contribution >= 4 is 11.6 Å². The normalized spacial score (nSPS) is 16.9. The number of aliphatic hydroxyl groups excluding tert-OH is 1. The number of nitrogens with two attached hydrogens (primary N) is 1. The lowest BCUT2D eigenvalue weighted by atomic mass is 10.1. The summed E-state index contributed by atoms with van der Waals surface area (Å²) in [6.07, 6.45) is 4.03. The fourth-order valence-electron chi connectivity index (χ4n) is 1.93. The highest BCUT2D eigenvalue weighted by Gasteiger charge is 2.23. The average Bonchev–Trinajstić information content (AvgIpc) is 2.39. The first-order valence-electron chi connectivity index (χ1n) is 5.60. The Morgan fingerprint density at radius 2 is 2.24 bits per heavy atom. The number of rotatable bonds is 2. The summed E-state index contributed by atoms with van der Waals surface area (Å²) in [7, 11) is 0. The molecule has 0 unspecified atom stereocenters. The molecular weight excluding hydrogens is 220 g/mol. The van der Waals surface area contributed by atoms with E-state index < -0.39 is 0 Å². The molecule has 0 aliphatic carbocycles. The minimum atomic E-state index is -0.292. The van der Waals surface area contributed by atoms with E-state index in [0.29, 0.717) is 37.2 Å².